The van der Waals surface area contributed by atoms with Crippen LogP contribution in [0.2, 0.25) is 0 Å². The lowest BCUT2D eigenvalue weighted by Gasteiger charge is -2.28. The van der Waals surface area contributed by atoms with Crippen molar-refractivity contribution in [1.29, 1.82) is 0 Å². The molecule has 0 fully saturated rings. The Bertz CT molecular complexity index is 3060. The summed E-state index contributed by atoms with van der Waals surface area (Å²) in [4.78, 5) is 2.44. The van der Waals surface area contributed by atoms with Gasteiger partial charge in [0.2, 0.25) is 0 Å². The van der Waals surface area contributed by atoms with Gasteiger partial charge in [0.05, 0.1) is 10.4 Å². The van der Waals surface area contributed by atoms with Crippen molar-refractivity contribution < 1.29 is 4.42 Å². The van der Waals surface area contributed by atoms with Gasteiger partial charge >= 0.3 is 0 Å². The molecule has 10 aromatic rings. The zero-order valence-electron chi connectivity index (χ0n) is 28.9. The van der Waals surface area contributed by atoms with E-state index in [0.29, 0.717) is 0 Å². The quantitative estimate of drug-likeness (QED) is 0.184. The number of benzene rings is 8. The summed E-state index contributed by atoms with van der Waals surface area (Å²) in [6, 6.07) is 59.7. The van der Waals surface area contributed by atoms with E-state index in [2.05, 4.69) is 183 Å². The molecule has 0 bridgehead atoms. The number of anilines is 3. The van der Waals surface area contributed by atoms with Crippen LogP contribution in [0.15, 0.2) is 168 Å². The first-order valence-electron chi connectivity index (χ1n) is 17.9. The number of hydrogen-bond acceptors (Lipinski definition) is 3. The van der Waals surface area contributed by atoms with Crippen LogP contribution in [-0.4, -0.2) is 0 Å². The van der Waals surface area contributed by atoms with Crippen LogP contribution in [0.25, 0.3) is 75.1 Å². The van der Waals surface area contributed by atoms with Crippen molar-refractivity contribution in [3.05, 3.63) is 175 Å². The first-order valence-corrected chi connectivity index (χ1v) is 18.7. The molecule has 1 aliphatic carbocycles. The van der Waals surface area contributed by atoms with E-state index in [9.17, 15) is 0 Å². The predicted molar refractivity (Wildman–Crippen MR) is 222 cm³/mol. The average molecular weight is 684 g/mol. The lowest BCUT2D eigenvalue weighted by atomic mass is 9.82. The molecule has 2 aromatic heterocycles. The molecule has 11 rings (SSSR count). The molecule has 0 saturated heterocycles. The van der Waals surface area contributed by atoms with Crippen LogP contribution < -0.4 is 4.90 Å². The van der Waals surface area contributed by atoms with Gasteiger partial charge in [0.15, 0.2) is 0 Å². The largest absolute Gasteiger partial charge is 0.456 e. The van der Waals surface area contributed by atoms with E-state index in [0.717, 1.165) is 33.3 Å². The second kappa shape index (κ2) is 10.9. The number of thiophene rings is 1. The smallest absolute Gasteiger partial charge is 0.137 e. The van der Waals surface area contributed by atoms with Gasteiger partial charge in [-0.3, -0.25) is 0 Å². The average Bonchev–Trinajstić information content (AvgIpc) is 3.83. The van der Waals surface area contributed by atoms with E-state index >= 15 is 0 Å². The van der Waals surface area contributed by atoms with Crippen LogP contribution in [0, 0.1) is 0 Å². The Hall–Kier alpha value is -6.16. The Morgan fingerprint density at radius 3 is 2.06 bits per heavy atom. The standard InChI is InChI=1S/C49H33NOS/c1-49(2)41-20-10-8-16-34(41)35-25-23-31(27-42(35)49)50(43-21-12-19-38-36-17-9-11-22-46(36)52-48(38)43)32-24-26-39-44(28-32)51-45-29-40(30-13-4-3-5-14-30)33-15-6-7-18-37(33)47(39)45/h3-29H,1-2H3. The first kappa shape index (κ1) is 29.6. The molecule has 246 valence electrons. The summed E-state index contributed by atoms with van der Waals surface area (Å²) in [5, 5.41) is 7.29. The zero-order chi connectivity index (χ0) is 34.6. The molecule has 0 radical (unpaired) electrons. The van der Waals surface area contributed by atoms with Gasteiger partial charge in [0.1, 0.15) is 11.2 Å². The molecule has 2 nitrogen and oxygen atoms in total. The van der Waals surface area contributed by atoms with Crippen LogP contribution in [0.4, 0.5) is 17.1 Å². The van der Waals surface area contributed by atoms with Gasteiger partial charge in [-0.25, -0.2) is 0 Å². The highest BCUT2D eigenvalue weighted by Crippen LogP contribution is 2.52. The van der Waals surface area contributed by atoms with Gasteiger partial charge in [0.25, 0.3) is 0 Å². The normalized spacial score (nSPS) is 13.3. The maximum absolute atomic E-state index is 6.85. The van der Waals surface area contributed by atoms with Crippen molar-refractivity contribution in [3.8, 4) is 22.3 Å². The van der Waals surface area contributed by atoms with Crippen LogP contribution >= 0.6 is 11.3 Å². The summed E-state index contributed by atoms with van der Waals surface area (Å²) in [6.45, 7) is 4.71. The van der Waals surface area contributed by atoms with Crippen LogP contribution in [0.1, 0.15) is 25.0 Å². The third-order valence-electron chi connectivity index (χ3n) is 11.3. The minimum atomic E-state index is -0.114. The molecule has 0 atom stereocenters. The van der Waals surface area contributed by atoms with Crippen molar-refractivity contribution in [3.63, 3.8) is 0 Å². The van der Waals surface area contributed by atoms with E-state index in [1.54, 1.807) is 0 Å². The maximum atomic E-state index is 6.85. The number of furan rings is 1. The molecule has 52 heavy (non-hydrogen) atoms. The van der Waals surface area contributed by atoms with Gasteiger partial charge in [-0.05, 0) is 86.6 Å². The molecule has 0 amide bonds. The third-order valence-corrected chi connectivity index (χ3v) is 12.5. The van der Waals surface area contributed by atoms with Crippen LogP contribution in [-0.2, 0) is 5.41 Å². The Labute approximate surface area is 305 Å². The highest BCUT2D eigenvalue weighted by Gasteiger charge is 2.36. The van der Waals surface area contributed by atoms with E-state index in [4.69, 9.17) is 4.42 Å². The van der Waals surface area contributed by atoms with E-state index in [1.165, 1.54) is 70.0 Å². The van der Waals surface area contributed by atoms with Gasteiger partial charge < -0.3 is 9.32 Å². The molecule has 0 aliphatic heterocycles. The number of nitrogens with zero attached hydrogens (tertiary/aromatic N) is 1. The fourth-order valence-electron chi connectivity index (χ4n) is 8.79. The third kappa shape index (κ3) is 4.17. The Morgan fingerprint density at radius 1 is 0.481 bits per heavy atom. The Morgan fingerprint density at radius 2 is 1.17 bits per heavy atom. The molecule has 0 unspecified atom stereocenters. The van der Waals surface area contributed by atoms with Crippen molar-refractivity contribution in [2.75, 3.05) is 4.90 Å². The van der Waals surface area contributed by atoms with Crippen molar-refractivity contribution in [1.82, 2.24) is 0 Å². The summed E-state index contributed by atoms with van der Waals surface area (Å²) in [7, 11) is 0. The van der Waals surface area contributed by atoms with Gasteiger partial charge in [-0.15, -0.1) is 11.3 Å². The highest BCUT2D eigenvalue weighted by molar-refractivity contribution is 7.26. The fourth-order valence-corrected chi connectivity index (χ4v) is 10.00. The zero-order valence-corrected chi connectivity index (χ0v) is 29.7. The molecular weight excluding hydrogens is 651 g/mol. The summed E-state index contributed by atoms with van der Waals surface area (Å²) in [5.74, 6) is 0. The van der Waals surface area contributed by atoms with Gasteiger partial charge in [-0.1, -0.05) is 129 Å². The number of rotatable bonds is 4. The molecule has 1 aliphatic rings. The molecule has 3 heteroatoms. The molecule has 2 heterocycles. The van der Waals surface area contributed by atoms with Crippen molar-refractivity contribution >= 4 is 81.3 Å². The second-order valence-electron chi connectivity index (χ2n) is 14.5. The van der Waals surface area contributed by atoms with Gasteiger partial charge in [0, 0.05) is 49.1 Å². The van der Waals surface area contributed by atoms with Crippen molar-refractivity contribution in [2.24, 2.45) is 0 Å². The van der Waals surface area contributed by atoms with E-state index < -0.39 is 0 Å². The lowest BCUT2D eigenvalue weighted by Crippen LogP contribution is -2.16. The summed E-state index contributed by atoms with van der Waals surface area (Å²) >= 11 is 1.86. The molecule has 0 saturated carbocycles. The lowest BCUT2D eigenvalue weighted by molar-refractivity contribution is 0.660. The van der Waals surface area contributed by atoms with E-state index in [1.807, 2.05) is 11.3 Å². The minimum Gasteiger partial charge on any atom is -0.456 e. The summed E-state index contributed by atoms with van der Waals surface area (Å²) in [6.07, 6.45) is 0. The van der Waals surface area contributed by atoms with Gasteiger partial charge in [-0.2, -0.15) is 0 Å². The molecule has 0 spiro atoms. The van der Waals surface area contributed by atoms with Crippen LogP contribution in [0.5, 0.6) is 0 Å². The summed E-state index contributed by atoms with van der Waals surface area (Å²) < 4.78 is 9.41. The number of fused-ring (bicyclic) bond motifs is 11. The molecule has 0 N–H and O–H groups in total. The second-order valence-corrected chi connectivity index (χ2v) is 15.5. The highest BCUT2D eigenvalue weighted by atomic mass is 32.1. The van der Waals surface area contributed by atoms with Crippen LogP contribution in [0.3, 0.4) is 0 Å². The Balaban J connectivity index is 1.16. The minimum absolute atomic E-state index is 0.114. The molecule has 8 aromatic carbocycles. The topological polar surface area (TPSA) is 16.4 Å². The SMILES string of the molecule is CC1(C)c2ccccc2-c2ccc(N(c3ccc4c(c3)oc3cc(-c5ccccc5)c5ccccc5c34)c3cccc4c3sc3ccccc34)cc21. The first-order chi connectivity index (χ1) is 25.5. The van der Waals surface area contributed by atoms with E-state index in [-0.39, 0.29) is 5.41 Å². The maximum Gasteiger partial charge on any atom is 0.137 e. The Kier molecular flexibility index (Phi) is 6.21. The van der Waals surface area contributed by atoms with Crippen molar-refractivity contribution in [2.45, 2.75) is 19.3 Å². The summed E-state index contributed by atoms with van der Waals surface area (Å²) in [5.41, 5.74) is 12.8. The molecular formula is C49H33NOS. The fraction of sp³-hybridized carbons (Fsp3) is 0.0612. The monoisotopic (exact) mass is 683 g/mol. The predicted octanol–water partition coefficient (Wildman–Crippen LogP) is 14.6. The number of hydrogen-bond donors (Lipinski definition) is 0.